The summed E-state index contributed by atoms with van der Waals surface area (Å²) in [5.74, 6) is -0.909. The van der Waals surface area contributed by atoms with Crippen LogP contribution in [0, 0.1) is 0 Å². The molecule has 3 amide bonds. The number of primary amides is 1. The topological polar surface area (TPSA) is 108 Å². The molecule has 0 bridgehead atoms. The van der Waals surface area contributed by atoms with E-state index in [2.05, 4.69) is 10.2 Å². The van der Waals surface area contributed by atoms with Crippen molar-refractivity contribution in [3.63, 3.8) is 0 Å². The maximum absolute atomic E-state index is 13.7. The normalized spacial score (nSPS) is 14.2. The van der Waals surface area contributed by atoms with Gasteiger partial charge >= 0.3 is 0 Å². The number of hydrogen-bond acceptors (Lipinski definition) is 6. The zero-order chi connectivity index (χ0) is 30.2. The minimum Gasteiger partial charge on any atom is -0.379 e. The van der Waals surface area contributed by atoms with Crippen LogP contribution in [0.25, 0.3) is 11.1 Å². The largest absolute Gasteiger partial charge is 0.379 e. The van der Waals surface area contributed by atoms with Crippen LogP contribution in [0.4, 0.5) is 11.4 Å². The Hall–Kier alpha value is -3.63. The lowest BCUT2D eigenvalue weighted by atomic mass is 9.98. The predicted molar refractivity (Wildman–Crippen MR) is 167 cm³/mol. The third kappa shape index (κ3) is 8.23. The standard InChI is InChI=1S/C31H35Cl2N5O4/c1-21(39)35-28-6-4-3-5-25(28)22-7-9-23(10-8-22)29(18-37-13-15-42-16-14-37)36(2)31(41)20-38(19-30(34)40)24-11-12-26(32)27(33)17-24/h3-12,17,29H,13-16,18-20H2,1-2H3,(H2,34,40)(H,35,39). The molecule has 3 N–H and O–H groups in total. The highest BCUT2D eigenvalue weighted by Crippen LogP contribution is 2.31. The second kappa shape index (κ2) is 14.5. The lowest BCUT2D eigenvalue weighted by Crippen LogP contribution is -2.47. The molecular formula is C31H35Cl2N5O4. The van der Waals surface area contributed by atoms with Crippen LogP contribution in [0.5, 0.6) is 0 Å². The van der Waals surface area contributed by atoms with E-state index in [1.54, 1.807) is 35.0 Å². The maximum atomic E-state index is 13.7. The van der Waals surface area contributed by atoms with E-state index < -0.39 is 5.91 Å². The number of morpholine rings is 1. The van der Waals surface area contributed by atoms with Gasteiger partial charge < -0.3 is 25.6 Å². The summed E-state index contributed by atoms with van der Waals surface area (Å²) < 4.78 is 5.53. The summed E-state index contributed by atoms with van der Waals surface area (Å²) in [6.07, 6.45) is 0. The number of benzene rings is 3. The molecule has 222 valence electrons. The van der Waals surface area contributed by atoms with E-state index in [0.717, 1.165) is 35.5 Å². The predicted octanol–water partition coefficient (Wildman–Crippen LogP) is 4.44. The molecule has 1 saturated heterocycles. The number of anilines is 2. The third-order valence-electron chi connectivity index (χ3n) is 7.18. The number of likely N-dealkylation sites (N-methyl/N-ethyl adjacent to an activating group) is 1. The molecule has 1 fully saturated rings. The Morgan fingerprint density at radius 3 is 2.31 bits per heavy atom. The van der Waals surface area contributed by atoms with Crippen LogP contribution in [0.1, 0.15) is 18.5 Å². The summed E-state index contributed by atoms with van der Waals surface area (Å²) in [5, 5.41) is 3.57. The Labute approximate surface area is 256 Å². The van der Waals surface area contributed by atoms with E-state index in [1.165, 1.54) is 6.92 Å². The molecule has 4 rings (SSSR count). The molecule has 1 atom stereocenters. The molecule has 9 nitrogen and oxygen atoms in total. The van der Waals surface area contributed by atoms with E-state index in [9.17, 15) is 14.4 Å². The molecule has 1 heterocycles. The molecule has 1 aliphatic rings. The molecular weight excluding hydrogens is 577 g/mol. The van der Waals surface area contributed by atoms with Crippen LogP contribution >= 0.6 is 23.2 Å². The summed E-state index contributed by atoms with van der Waals surface area (Å²) in [5.41, 5.74) is 9.61. The van der Waals surface area contributed by atoms with Gasteiger partial charge in [-0.15, -0.1) is 0 Å². The van der Waals surface area contributed by atoms with Gasteiger partial charge in [-0.2, -0.15) is 0 Å². The molecule has 1 unspecified atom stereocenters. The number of carbonyl (C=O) groups excluding carboxylic acids is 3. The van der Waals surface area contributed by atoms with Crippen molar-refractivity contribution in [1.29, 1.82) is 0 Å². The van der Waals surface area contributed by atoms with Gasteiger partial charge in [0.05, 0.1) is 42.4 Å². The maximum Gasteiger partial charge on any atom is 0.242 e. The Balaban J connectivity index is 1.60. The summed E-state index contributed by atoms with van der Waals surface area (Å²) in [6, 6.07) is 20.3. The van der Waals surface area contributed by atoms with Crippen molar-refractivity contribution in [3.8, 4) is 11.1 Å². The molecule has 1 aliphatic heterocycles. The number of ether oxygens (including phenoxy) is 1. The van der Waals surface area contributed by atoms with Gasteiger partial charge in [0.15, 0.2) is 0 Å². The number of para-hydroxylation sites is 1. The molecule has 0 aliphatic carbocycles. The first-order valence-electron chi connectivity index (χ1n) is 13.6. The average Bonchev–Trinajstić information content (AvgIpc) is 2.97. The summed E-state index contributed by atoms with van der Waals surface area (Å²) in [4.78, 5) is 42.9. The van der Waals surface area contributed by atoms with Crippen molar-refractivity contribution in [2.75, 3.05) is 63.2 Å². The highest BCUT2D eigenvalue weighted by Gasteiger charge is 2.27. The summed E-state index contributed by atoms with van der Waals surface area (Å²) >= 11 is 12.3. The van der Waals surface area contributed by atoms with Gasteiger partial charge in [-0.05, 0) is 35.4 Å². The van der Waals surface area contributed by atoms with Crippen molar-refractivity contribution >= 4 is 52.3 Å². The number of nitrogens with zero attached hydrogens (tertiary/aromatic N) is 3. The monoisotopic (exact) mass is 611 g/mol. The molecule has 0 spiro atoms. The molecule has 42 heavy (non-hydrogen) atoms. The van der Waals surface area contributed by atoms with Gasteiger partial charge in [-0.1, -0.05) is 65.7 Å². The lowest BCUT2D eigenvalue weighted by Gasteiger charge is -2.36. The van der Waals surface area contributed by atoms with Crippen molar-refractivity contribution in [1.82, 2.24) is 9.80 Å². The van der Waals surface area contributed by atoms with Crippen LogP contribution in [0.15, 0.2) is 66.7 Å². The fourth-order valence-corrected chi connectivity index (χ4v) is 5.25. The van der Waals surface area contributed by atoms with Gasteiger partial charge in [-0.3, -0.25) is 19.3 Å². The quantitative estimate of drug-likeness (QED) is 0.332. The second-order valence-electron chi connectivity index (χ2n) is 10.2. The Morgan fingerprint density at radius 1 is 0.976 bits per heavy atom. The smallest absolute Gasteiger partial charge is 0.242 e. The highest BCUT2D eigenvalue weighted by atomic mass is 35.5. The number of nitrogens with one attached hydrogen (secondary N) is 1. The summed E-state index contributed by atoms with van der Waals surface area (Å²) in [7, 11) is 1.77. The fraction of sp³-hybridized carbons (Fsp3) is 0.323. The fourth-order valence-electron chi connectivity index (χ4n) is 4.96. The van der Waals surface area contributed by atoms with Crippen molar-refractivity contribution < 1.29 is 19.1 Å². The zero-order valence-electron chi connectivity index (χ0n) is 23.7. The van der Waals surface area contributed by atoms with E-state index in [-0.39, 0.29) is 30.9 Å². The van der Waals surface area contributed by atoms with Crippen molar-refractivity contribution in [2.24, 2.45) is 5.73 Å². The highest BCUT2D eigenvalue weighted by molar-refractivity contribution is 6.42. The minimum atomic E-state index is -0.573. The second-order valence-corrected chi connectivity index (χ2v) is 11.0. The van der Waals surface area contributed by atoms with E-state index >= 15 is 0 Å². The summed E-state index contributed by atoms with van der Waals surface area (Å²) in [6.45, 7) is 4.63. The van der Waals surface area contributed by atoms with Crippen LogP contribution in [-0.4, -0.2) is 80.5 Å². The number of rotatable bonds is 11. The third-order valence-corrected chi connectivity index (χ3v) is 7.92. The van der Waals surface area contributed by atoms with Gasteiger partial charge in [0, 0.05) is 50.5 Å². The molecule has 0 saturated carbocycles. The number of amides is 3. The minimum absolute atomic E-state index is 0.0841. The first-order chi connectivity index (χ1) is 20.1. The van der Waals surface area contributed by atoms with Crippen LogP contribution in [0.2, 0.25) is 10.0 Å². The van der Waals surface area contributed by atoms with E-state index in [1.807, 2.05) is 48.5 Å². The Morgan fingerprint density at radius 2 is 1.67 bits per heavy atom. The molecule has 0 aromatic heterocycles. The van der Waals surface area contributed by atoms with E-state index in [0.29, 0.717) is 35.5 Å². The Kier molecular flexibility index (Phi) is 10.8. The lowest BCUT2D eigenvalue weighted by molar-refractivity contribution is -0.131. The average molecular weight is 613 g/mol. The number of nitrogens with two attached hydrogens (primary N) is 1. The molecule has 0 radical (unpaired) electrons. The van der Waals surface area contributed by atoms with Crippen LogP contribution in [0.3, 0.4) is 0 Å². The van der Waals surface area contributed by atoms with Crippen LogP contribution in [-0.2, 0) is 19.1 Å². The Bertz CT molecular complexity index is 1410. The molecule has 3 aromatic rings. The van der Waals surface area contributed by atoms with Gasteiger partial charge in [0.2, 0.25) is 17.7 Å². The van der Waals surface area contributed by atoms with Crippen molar-refractivity contribution in [2.45, 2.75) is 13.0 Å². The van der Waals surface area contributed by atoms with Gasteiger partial charge in [0.1, 0.15) is 0 Å². The van der Waals surface area contributed by atoms with E-state index in [4.69, 9.17) is 33.7 Å². The SMILES string of the molecule is CC(=O)Nc1ccccc1-c1ccc(C(CN2CCOCC2)N(C)C(=O)CN(CC(N)=O)c2ccc(Cl)c(Cl)c2)cc1. The first kappa shape index (κ1) is 31.3. The first-order valence-corrected chi connectivity index (χ1v) is 14.4. The van der Waals surface area contributed by atoms with Gasteiger partial charge in [0.25, 0.3) is 0 Å². The molecule has 3 aromatic carbocycles. The zero-order valence-corrected chi connectivity index (χ0v) is 25.2. The van der Waals surface area contributed by atoms with Gasteiger partial charge in [-0.25, -0.2) is 0 Å². The number of hydrogen-bond donors (Lipinski definition) is 2. The van der Waals surface area contributed by atoms with Crippen LogP contribution < -0.4 is 16.0 Å². The molecule has 11 heteroatoms. The number of halogens is 2. The number of carbonyl (C=O) groups is 3. The van der Waals surface area contributed by atoms with Crippen molar-refractivity contribution in [3.05, 3.63) is 82.3 Å².